The molecular weight excluding hydrogens is 272 g/mol. The largest absolute Gasteiger partial charge is 0.480 e. The number of methoxy groups -OCH3 is 1. The molecule has 2 amide bonds. The number of urea groups is 1. The fraction of sp³-hybridized carbons (Fsp3) is 0.467. The van der Waals surface area contributed by atoms with Crippen molar-refractivity contribution >= 4 is 12.0 Å². The van der Waals surface area contributed by atoms with Gasteiger partial charge < -0.3 is 20.5 Å². The van der Waals surface area contributed by atoms with Gasteiger partial charge in [-0.05, 0) is 19.4 Å². The number of carboxylic acid groups (broad SMARTS) is 1. The molecule has 3 N–H and O–H groups in total. The summed E-state index contributed by atoms with van der Waals surface area (Å²) in [5.41, 5.74) is 0.345. The second-order valence-electron chi connectivity index (χ2n) is 5.37. The van der Waals surface area contributed by atoms with Crippen LogP contribution in [0.15, 0.2) is 30.3 Å². The van der Waals surface area contributed by atoms with E-state index >= 15 is 0 Å². The lowest BCUT2D eigenvalue weighted by Crippen LogP contribution is -2.50. The Balaban J connectivity index is 2.55. The fourth-order valence-electron chi connectivity index (χ4n) is 1.62. The van der Waals surface area contributed by atoms with E-state index in [2.05, 4.69) is 10.6 Å². The average Bonchev–Trinajstić information content (AvgIpc) is 2.45. The molecule has 0 saturated heterocycles. The van der Waals surface area contributed by atoms with Crippen LogP contribution in [0.5, 0.6) is 0 Å². The standard InChI is InChI=1S/C15H22N2O4/c1-15(2,21-3)10-16-14(20)17-12(13(18)19)9-11-7-5-4-6-8-11/h4-8,12H,9-10H2,1-3H3,(H,18,19)(H2,16,17,20). The van der Waals surface area contributed by atoms with Crippen molar-refractivity contribution in [3.05, 3.63) is 35.9 Å². The molecule has 0 aliphatic carbocycles. The van der Waals surface area contributed by atoms with Gasteiger partial charge in [0.15, 0.2) is 0 Å². The van der Waals surface area contributed by atoms with Crippen LogP contribution in [-0.2, 0) is 16.0 Å². The lowest BCUT2D eigenvalue weighted by atomic mass is 10.1. The molecule has 1 atom stereocenters. The van der Waals surface area contributed by atoms with Gasteiger partial charge in [0.2, 0.25) is 0 Å². The zero-order valence-electron chi connectivity index (χ0n) is 12.6. The van der Waals surface area contributed by atoms with E-state index in [9.17, 15) is 14.7 Å². The molecule has 0 aromatic heterocycles. The summed E-state index contributed by atoms with van der Waals surface area (Å²) in [7, 11) is 1.55. The average molecular weight is 294 g/mol. The van der Waals surface area contributed by atoms with E-state index in [0.29, 0.717) is 0 Å². The Morgan fingerprint density at radius 3 is 2.43 bits per heavy atom. The van der Waals surface area contributed by atoms with E-state index in [4.69, 9.17) is 4.74 Å². The summed E-state index contributed by atoms with van der Waals surface area (Å²) in [5.74, 6) is -1.07. The highest BCUT2D eigenvalue weighted by Crippen LogP contribution is 2.05. The van der Waals surface area contributed by atoms with Gasteiger partial charge in [-0.1, -0.05) is 30.3 Å². The van der Waals surface area contributed by atoms with Crippen LogP contribution in [0, 0.1) is 0 Å². The Labute approximate surface area is 124 Å². The number of carbonyl (C=O) groups is 2. The van der Waals surface area contributed by atoms with Crippen LogP contribution in [-0.4, -0.2) is 42.4 Å². The van der Waals surface area contributed by atoms with E-state index in [1.165, 1.54) is 0 Å². The first-order chi connectivity index (χ1) is 9.84. The van der Waals surface area contributed by atoms with Crippen molar-refractivity contribution in [1.82, 2.24) is 10.6 Å². The Morgan fingerprint density at radius 1 is 1.29 bits per heavy atom. The second-order valence-corrected chi connectivity index (χ2v) is 5.37. The van der Waals surface area contributed by atoms with E-state index in [-0.39, 0.29) is 13.0 Å². The third kappa shape index (κ3) is 6.27. The van der Waals surface area contributed by atoms with E-state index in [0.717, 1.165) is 5.56 Å². The maximum atomic E-state index is 11.8. The number of nitrogens with one attached hydrogen (secondary N) is 2. The number of aliphatic carboxylic acids is 1. The van der Waals surface area contributed by atoms with Gasteiger partial charge in [-0.15, -0.1) is 0 Å². The SMILES string of the molecule is COC(C)(C)CNC(=O)NC(Cc1ccccc1)C(=O)O. The number of amides is 2. The maximum absolute atomic E-state index is 11.8. The van der Waals surface area contributed by atoms with Gasteiger partial charge in [0.05, 0.1) is 5.60 Å². The van der Waals surface area contributed by atoms with Crippen LogP contribution in [0.4, 0.5) is 4.79 Å². The Morgan fingerprint density at radius 2 is 1.90 bits per heavy atom. The Hall–Kier alpha value is -2.08. The molecule has 0 heterocycles. The number of benzene rings is 1. The fourth-order valence-corrected chi connectivity index (χ4v) is 1.62. The highest BCUT2D eigenvalue weighted by molar-refractivity contribution is 5.82. The number of ether oxygens (including phenoxy) is 1. The monoisotopic (exact) mass is 294 g/mol. The highest BCUT2D eigenvalue weighted by Gasteiger charge is 2.22. The molecule has 1 unspecified atom stereocenters. The van der Waals surface area contributed by atoms with Gasteiger partial charge in [0.25, 0.3) is 0 Å². The number of hydrogen-bond donors (Lipinski definition) is 3. The molecule has 0 aliphatic rings. The van der Waals surface area contributed by atoms with Crippen LogP contribution in [0.2, 0.25) is 0 Å². The normalized spacial score (nSPS) is 12.5. The molecule has 21 heavy (non-hydrogen) atoms. The Kier molecular flexibility index (Phi) is 6.17. The van der Waals surface area contributed by atoms with Crippen molar-refractivity contribution < 1.29 is 19.4 Å². The third-order valence-electron chi connectivity index (χ3n) is 3.11. The molecule has 0 fully saturated rings. The van der Waals surface area contributed by atoms with Crippen molar-refractivity contribution in [1.29, 1.82) is 0 Å². The molecule has 1 aromatic rings. The number of rotatable bonds is 7. The lowest BCUT2D eigenvalue weighted by Gasteiger charge is -2.24. The molecule has 0 saturated carbocycles. The first kappa shape index (κ1) is 17.0. The number of carboxylic acids is 1. The Bertz CT molecular complexity index is 474. The highest BCUT2D eigenvalue weighted by atomic mass is 16.5. The first-order valence-electron chi connectivity index (χ1n) is 6.70. The second kappa shape index (κ2) is 7.64. The van der Waals surface area contributed by atoms with E-state index in [1.807, 2.05) is 44.2 Å². The smallest absolute Gasteiger partial charge is 0.326 e. The van der Waals surface area contributed by atoms with Crippen molar-refractivity contribution in [2.75, 3.05) is 13.7 Å². The summed E-state index contributed by atoms with van der Waals surface area (Å²) in [4.78, 5) is 23.0. The number of carbonyl (C=O) groups excluding carboxylic acids is 1. The molecule has 0 spiro atoms. The predicted molar refractivity (Wildman–Crippen MR) is 79.2 cm³/mol. The van der Waals surface area contributed by atoms with Gasteiger partial charge >= 0.3 is 12.0 Å². The summed E-state index contributed by atoms with van der Waals surface area (Å²) in [5, 5.41) is 14.3. The minimum Gasteiger partial charge on any atom is -0.480 e. The molecule has 116 valence electrons. The summed E-state index contributed by atoms with van der Waals surface area (Å²) in [6.07, 6.45) is 0.233. The van der Waals surface area contributed by atoms with Gasteiger partial charge in [0.1, 0.15) is 6.04 Å². The molecule has 6 nitrogen and oxygen atoms in total. The molecule has 1 aromatic carbocycles. The van der Waals surface area contributed by atoms with Crippen LogP contribution in [0.25, 0.3) is 0 Å². The minimum absolute atomic E-state index is 0.233. The van der Waals surface area contributed by atoms with Crippen LogP contribution in [0.1, 0.15) is 19.4 Å². The molecule has 0 aliphatic heterocycles. The summed E-state index contributed by atoms with van der Waals surface area (Å²) in [6, 6.07) is 7.66. The number of hydrogen-bond acceptors (Lipinski definition) is 3. The van der Waals surface area contributed by atoms with Crippen LogP contribution in [0.3, 0.4) is 0 Å². The van der Waals surface area contributed by atoms with Crippen molar-refractivity contribution in [2.24, 2.45) is 0 Å². The predicted octanol–water partition coefficient (Wildman–Crippen LogP) is 1.41. The van der Waals surface area contributed by atoms with Crippen molar-refractivity contribution in [3.8, 4) is 0 Å². The lowest BCUT2D eigenvalue weighted by molar-refractivity contribution is -0.139. The minimum atomic E-state index is -1.07. The van der Waals surface area contributed by atoms with Gasteiger partial charge in [-0.25, -0.2) is 9.59 Å². The summed E-state index contributed by atoms with van der Waals surface area (Å²) in [6.45, 7) is 3.94. The summed E-state index contributed by atoms with van der Waals surface area (Å²) >= 11 is 0. The van der Waals surface area contributed by atoms with Crippen molar-refractivity contribution in [3.63, 3.8) is 0 Å². The third-order valence-corrected chi connectivity index (χ3v) is 3.11. The first-order valence-corrected chi connectivity index (χ1v) is 6.70. The van der Waals surface area contributed by atoms with Gasteiger partial charge in [-0.3, -0.25) is 0 Å². The van der Waals surface area contributed by atoms with E-state index < -0.39 is 23.6 Å². The van der Waals surface area contributed by atoms with Gasteiger partial charge in [0, 0.05) is 20.1 Å². The molecule has 6 heteroatoms. The topological polar surface area (TPSA) is 87.7 Å². The van der Waals surface area contributed by atoms with E-state index in [1.54, 1.807) is 7.11 Å². The summed E-state index contributed by atoms with van der Waals surface area (Å²) < 4.78 is 5.18. The molecule has 0 bridgehead atoms. The molecule has 0 radical (unpaired) electrons. The van der Waals surface area contributed by atoms with Gasteiger partial charge in [-0.2, -0.15) is 0 Å². The van der Waals surface area contributed by atoms with Crippen LogP contribution >= 0.6 is 0 Å². The maximum Gasteiger partial charge on any atom is 0.326 e. The molecular formula is C15H22N2O4. The quantitative estimate of drug-likeness (QED) is 0.709. The van der Waals surface area contributed by atoms with Crippen molar-refractivity contribution in [2.45, 2.75) is 31.9 Å². The van der Waals surface area contributed by atoms with Crippen LogP contribution < -0.4 is 10.6 Å². The zero-order valence-corrected chi connectivity index (χ0v) is 12.6. The molecule has 1 rings (SSSR count). The zero-order chi connectivity index (χ0) is 15.9.